The van der Waals surface area contributed by atoms with Crippen LogP contribution in [0.4, 0.5) is 22.1 Å². The van der Waals surface area contributed by atoms with Crippen molar-refractivity contribution in [3.63, 3.8) is 0 Å². The van der Waals surface area contributed by atoms with Gasteiger partial charge in [-0.2, -0.15) is 4.57 Å². The lowest BCUT2D eigenvalue weighted by Crippen LogP contribution is -2.48. The Labute approximate surface area is 377 Å². The Morgan fingerprint density at radius 1 is 1.06 bits per heavy atom. The highest BCUT2D eigenvalue weighted by atomic mass is 16.7. The second kappa shape index (κ2) is 18.7. The summed E-state index contributed by atoms with van der Waals surface area (Å²) in [5.41, 5.74) is 2.97. The van der Waals surface area contributed by atoms with Crippen LogP contribution in [-0.4, -0.2) is 145 Å². The molecular formula is C44H48N10O12. The number of aliphatic hydroxyl groups is 1. The van der Waals surface area contributed by atoms with Crippen LogP contribution in [0.5, 0.6) is 5.88 Å². The number of nitrogens with zero attached hydrogens (tertiary/aromatic N) is 9. The van der Waals surface area contributed by atoms with Gasteiger partial charge in [-0.25, -0.2) is 9.79 Å². The van der Waals surface area contributed by atoms with E-state index in [1.807, 2.05) is 19.1 Å². The molecule has 346 valence electrons. The molecule has 2 N–H and O–H groups in total. The summed E-state index contributed by atoms with van der Waals surface area (Å²) >= 11 is 0. The molecule has 0 atom stereocenters. The number of nitrogens with one attached hydrogen (secondary N) is 1. The number of fused-ring (bicyclic) bond motifs is 2. The van der Waals surface area contributed by atoms with Crippen molar-refractivity contribution in [1.29, 1.82) is 0 Å². The van der Waals surface area contributed by atoms with Crippen molar-refractivity contribution in [3.05, 3.63) is 86.9 Å². The third-order valence-corrected chi connectivity index (χ3v) is 12.2. The number of carbonyl (C=O) groups is 6. The van der Waals surface area contributed by atoms with Crippen LogP contribution in [0.1, 0.15) is 55.0 Å². The third kappa shape index (κ3) is 9.19. The fourth-order valence-corrected chi connectivity index (χ4v) is 8.31. The summed E-state index contributed by atoms with van der Waals surface area (Å²) in [5, 5.41) is 24.1. The number of amidine groups is 1. The number of aliphatic hydroxyl groups excluding tert-OH is 1. The van der Waals surface area contributed by atoms with E-state index in [1.54, 1.807) is 29.3 Å². The van der Waals surface area contributed by atoms with E-state index in [9.17, 15) is 44.0 Å². The molecule has 8 rings (SSSR count). The molecule has 2 fully saturated rings. The monoisotopic (exact) mass is 908 g/mol. The average molecular weight is 909 g/mol. The van der Waals surface area contributed by atoms with Crippen LogP contribution in [-0.2, 0) is 58.9 Å². The normalized spacial score (nSPS) is 19.5. The first-order chi connectivity index (χ1) is 31.7. The van der Waals surface area contributed by atoms with E-state index in [0.717, 1.165) is 31.8 Å². The molecule has 1 saturated carbocycles. The lowest BCUT2D eigenvalue weighted by Gasteiger charge is -2.35. The van der Waals surface area contributed by atoms with Gasteiger partial charge in [-0.1, -0.05) is 24.0 Å². The summed E-state index contributed by atoms with van der Waals surface area (Å²) in [6, 6.07) is 7.15. The Bertz CT molecular complexity index is 2570. The number of amides is 6. The minimum atomic E-state index is -0.945. The van der Waals surface area contributed by atoms with E-state index < -0.39 is 46.4 Å². The highest BCUT2D eigenvalue weighted by Crippen LogP contribution is 2.50. The highest BCUT2D eigenvalue weighted by molar-refractivity contribution is 6.13. The fourth-order valence-electron chi connectivity index (χ4n) is 8.31. The van der Waals surface area contributed by atoms with Crippen LogP contribution in [0, 0.1) is 16.0 Å². The van der Waals surface area contributed by atoms with Gasteiger partial charge >= 0.3 is 17.9 Å². The van der Waals surface area contributed by atoms with Gasteiger partial charge in [-0.15, -0.1) is 0 Å². The third-order valence-electron chi connectivity index (χ3n) is 12.2. The maximum absolute atomic E-state index is 14.2. The summed E-state index contributed by atoms with van der Waals surface area (Å²) in [6.45, 7) is 2.85. The lowest BCUT2D eigenvalue weighted by atomic mass is 9.92. The number of benzene rings is 1. The van der Waals surface area contributed by atoms with Gasteiger partial charge in [-0.05, 0) is 53.5 Å². The van der Waals surface area contributed by atoms with Crippen molar-refractivity contribution in [2.45, 2.75) is 57.3 Å². The number of aliphatic imine (C=N–C) groups is 1. The molecule has 66 heavy (non-hydrogen) atoms. The molecule has 0 unspecified atom stereocenters. The van der Waals surface area contributed by atoms with Gasteiger partial charge in [0.05, 0.1) is 62.3 Å². The van der Waals surface area contributed by atoms with Crippen LogP contribution in [0.25, 0.3) is 6.08 Å². The van der Waals surface area contributed by atoms with E-state index in [2.05, 4.69) is 15.3 Å². The number of imide groups is 1. The van der Waals surface area contributed by atoms with Gasteiger partial charge in [0.15, 0.2) is 12.5 Å². The summed E-state index contributed by atoms with van der Waals surface area (Å²) in [5.74, 6) is -2.89. The Hall–Kier alpha value is -7.17. The Balaban J connectivity index is 0.977. The van der Waals surface area contributed by atoms with Gasteiger partial charge in [0.2, 0.25) is 17.7 Å². The van der Waals surface area contributed by atoms with E-state index >= 15 is 0 Å². The van der Waals surface area contributed by atoms with Crippen LogP contribution in [0.2, 0.25) is 0 Å². The van der Waals surface area contributed by atoms with Crippen molar-refractivity contribution >= 4 is 64.9 Å². The molecule has 3 aromatic rings. The second-order valence-electron chi connectivity index (χ2n) is 16.6. The first kappa shape index (κ1) is 45.4. The Kier molecular flexibility index (Phi) is 12.9. The predicted molar refractivity (Wildman–Crippen MR) is 232 cm³/mol. The van der Waals surface area contributed by atoms with Gasteiger partial charge in [0.25, 0.3) is 11.8 Å². The zero-order chi connectivity index (χ0) is 46.9. The maximum Gasteiger partial charge on any atom is 0.437 e. The number of aromatic nitrogens is 3. The van der Waals surface area contributed by atoms with Crippen LogP contribution in [0.3, 0.4) is 0 Å². The van der Waals surface area contributed by atoms with Crippen molar-refractivity contribution in [2.24, 2.45) is 18.0 Å². The molecule has 4 aliphatic heterocycles. The molecule has 0 radical (unpaired) electrons. The Morgan fingerprint density at radius 3 is 2.47 bits per heavy atom. The number of ether oxygens (including phenoxy) is 3. The fraction of sp³-hybridized carbons (Fsp3) is 0.432. The second-order valence-corrected chi connectivity index (χ2v) is 16.6. The zero-order valence-corrected chi connectivity index (χ0v) is 36.5. The van der Waals surface area contributed by atoms with E-state index in [4.69, 9.17) is 19.2 Å². The molecule has 0 bridgehead atoms. The summed E-state index contributed by atoms with van der Waals surface area (Å²) < 4.78 is 17.9. The molecule has 0 spiro atoms. The van der Waals surface area contributed by atoms with Crippen molar-refractivity contribution < 1.29 is 53.0 Å². The number of hydrogen-bond donors (Lipinski definition) is 2. The molecule has 5 aliphatic rings. The minimum Gasteiger partial charge on any atom is -0.395 e. The van der Waals surface area contributed by atoms with Crippen molar-refractivity contribution in [2.75, 3.05) is 58.4 Å². The smallest absolute Gasteiger partial charge is 0.395 e. The molecule has 1 aromatic carbocycles. The largest absolute Gasteiger partial charge is 0.437 e. The maximum atomic E-state index is 14.2. The Morgan fingerprint density at radius 2 is 1.80 bits per heavy atom. The zero-order valence-electron chi connectivity index (χ0n) is 36.5. The molecule has 2 aromatic heterocycles. The average Bonchev–Trinajstić information content (AvgIpc) is 4.01. The van der Waals surface area contributed by atoms with Gasteiger partial charge in [0.1, 0.15) is 5.84 Å². The number of nitro groups is 1. The summed E-state index contributed by atoms with van der Waals surface area (Å²) in [4.78, 5) is 108. The summed E-state index contributed by atoms with van der Waals surface area (Å²) in [6.07, 6.45) is 6.98. The molecule has 22 heteroatoms. The number of hydrogen-bond acceptors (Lipinski definition) is 15. The predicted octanol–water partition coefficient (Wildman–Crippen LogP) is 2.37. The molecule has 22 nitrogen and oxygen atoms in total. The van der Waals surface area contributed by atoms with Crippen LogP contribution in [0.15, 0.2) is 59.4 Å². The number of pyridine rings is 1. The number of carbonyl (C=O) groups excluding carboxylic acids is 6. The van der Waals surface area contributed by atoms with Crippen molar-refractivity contribution in [1.82, 2.24) is 34.1 Å². The minimum absolute atomic E-state index is 0.0594. The SMILES string of the molecule is CCCN(CCO)C(=O)C1=Cc2ccc(C3(C(=O)Nc4cnc5c(c4)CN(C(=O)C4COC(CN6C(=O)C=CC6=O)OC4)CC5)CC3)cc2N=C(N(C)C(=O)Oc2cnc([N+](=O)[O-])n2C)C1. The van der Waals surface area contributed by atoms with E-state index in [-0.39, 0.29) is 80.9 Å². The van der Waals surface area contributed by atoms with E-state index in [0.29, 0.717) is 61.3 Å². The van der Waals surface area contributed by atoms with Gasteiger partial charge in [-0.3, -0.25) is 38.8 Å². The first-order valence-electron chi connectivity index (χ1n) is 21.5. The molecule has 1 aliphatic carbocycles. The number of anilines is 1. The molecular weight excluding hydrogens is 861 g/mol. The molecule has 6 heterocycles. The first-order valence-corrected chi connectivity index (χ1v) is 21.5. The number of rotatable bonds is 13. The quantitative estimate of drug-likeness (QED) is 0.142. The van der Waals surface area contributed by atoms with Crippen LogP contribution < -0.4 is 10.1 Å². The van der Waals surface area contributed by atoms with E-state index in [1.165, 1.54) is 31.1 Å². The van der Waals surface area contributed by atoms with Crippen LogP contribution >= 0.6 is 0 Å². The topological polar surface area (TPSA) is 262 Å². The number of imidazole rings is 1. The summed E-state index contributed by atoms with van der Waals surface area (Å²) in [7, 11) is 2.73. The highest BCUT2D eigenvalue weighted by Gasteiger charge is 2.51. The lowest BCUT2D eigenvalue weighted by molar-refractivity contribution is -0.396. The standard InChI is InChI=1S/C44H48N10O12/c1-4-12-51(14-15-55)39(58)27-16-26-5-6-30(19-33(26)48-34(18-27)49(2)43(61)66-37-21-46-42(50(37)3)54(62)63)44(10-11-44)41(60)47-31-17-28-22-52(13-9-32(28)45-20-31)40(59)29-24-64-38(65-25-29)23-53-35(56)7-8-36(53)57/h5-8,16-17,19-21,29,38,55H,4,9-15,18,22-25H2,1-3H3,(H,47,60). The van der Waals surface area contributed by atoms with Crippen molar-refractivity contribution in [3.8, 4) is 5.88 Å². The molecule has 1 saturated heterocycles. The van der Waals surface area contributed by atoms with Gasteiger partial charge in [0, 0.05) is 75.1 Å². The van der Waals surface area contributed by atoms with Gasteiger partial charge < -0.3 is 44.5 Å². The molecule has 6 amide bonds.